The van der Waals surface area contributed by atoms with E-state index in [2.05, 4.69) is 38.4 Å². The second-order valence-corrected chi connectivity index (χ2v) is 33.2. The van der Waals surface area contributed by atoms with Crippen molar-refractivity contribution in [2.45, 2.75) is 218 Å². The Morgan fingerprint density at radius 3 is 0.812 bits per heavy atom. The minimum atomic E-state index is -1.49. The first-order valence-corrected chi connectivity index (χ1v) is 51.3. The Balaban J connectivity index is 2.04. The number of likely N-dealkylation sites (N-methyl/N-ethyl adjacent to an activating group) is 1. The summed E-state index contributed by atoms with van der Waals surface area (Å²) in [6.45, 7) is 29.5. The van der Waals surface area contributed by atoms with Gasteiger partial charge >= 0.3 is 11.9 Å². The zero-order valence-electron chi connectivity index (χ0n) is 85.1. The average molecular weight is 1990 g/mol. The summed E-state index contributed by atoms with van der Waals surface area (Å²) in [4.78, 5) is 110. The van der Waals surface area contributed by atoms with Gasteiger partial charge in [-0.2, -0.15) is 0 Å². The van der Waals surface area contributed by atoms with Crippen molar-refractivity contribution in [1.29, 1.82) is 0 Å². The lowest BCUT2D eigenvalue weighted by Gasteiger charge is -2.35. The van der Waals surface area contributed by atoms with Crippen LogP contribution in [0, 0.1) is 5.92 Å². The van der Waals surface area contributed by atoms with Crippen molar-refractivity contribution in [3.8, 4) is 0 Å². The van der Waals surface area contributed by atoms with E-state index in [9.17, 15) is 48.6 Å². The molecule has 6 amide bonds. The van der Waals surface area contributed by atoms with Crippen LogP contribution in [0.3, 0.4) is 0 Å². The highest BCUT2D eigenvalue weighted by Gasteiger charge is 2.36. The van der Waals surface area contributed by atoms with Crippen LogP contribution in [0.1, 0.15) is 194 Å². The molecule has 0 radical (unpaired) electrons. The monoisotopic (exact) mass is 1990 g/mol. The topological polar surface area (TPSA) is 465 Å². The number of carboxylic acids is 2. The number of nitrogens with zero attached hydrogens (tertiary/aromatic N) is 2. The highest BCUT2D eigenvalue weighted by atomic mass is 16.6. The molecule has 7 N–H and O–H groups in total. The fourth-order valence-electron chi connectivity index (χ4n) is 13.4. The number of carboxylic acid groups (broad SMARTS) is 2. The van der Waals surface area contributed by atoms with Crippen LogP contribution < -0.4 is 26.6 Å². The van der Waals surface area contributed by atoms with Gasteiger partial charge < -0.3 is 160 Å². The lowest BCUT2D eigenvalue weighted by Crippen LogP contribution is -2.60. The third kappa shape index (κ3) is 89.6. The molecular weight excluding hydrogens is 1810 g/mol. The molecule has 1 rings (SSSR count). The van der Waals surface area contributed by atoms with Crippen LogP contribution in [0.2, 0.25) is 0 Å². The minimum Gasteiger partial charge on any atom is -0.481 e. The van der Waals surface area contributed by atoms with Crippen LogP contribution in [-0.4, -0.2) is 449 Å². The van der Waals surface area contributed by atoms with Crippen LogP contribution in [0.5, 0.6) is 0 Å². The molecule has 1 saturated heterocycles. The van der Waals surface area contributed by atoms with E-state index in [0.29, 0.717) is 356 Å². The summed E-state index contributed by atoms with van der Waals surface area (Å²) >= 11 is 0. The van der Waals surface area contributed by atoms with E-state index in [4.69, 9.17) is 114 Å². The first-order chi connectivity index (χ1) is 67.6. The van der Waals surface area contributed by atoms with E-state index in [1.165, 1.54) is 77.0 Å². The van der Waals surface area contributed by atoms with Crippen molar-refractivity contribution < 1.29 is 162 Å². The quantitative estimate of drug-likeness (QED) is 0.0332. The third-order valence-corrected chi connectivity index (χ3v) is 21.6. The van der Waals surface area contributed by atoms with Gasteiger partial charge in [0.25, 0.3) is 0 Å². The van der Waals surface area contributed by atoms with Gasteiger partial charge in [-0.25, -0.2) is 0 Å². The van der Waals surface area contributed by atoms with Gasteiger partial charge in [-0.3, -0.25) is 38.4 Å². The number of unbranched alkanes of at least 4 members (excludes halogenated alkanes) is 17. The number of hydrogen-bond acceptors (Lipinski definition) is 33. The Kier molecular flexibility index (Phi) is 97.8. The number of rotatable bonds is 111. The first-order valence-electron chi connectivity index (χ1n) is 51.3. The molecule has 1 heterocycles. The van der Waals surface area contributed by atoms with Gasteiger partial charge in [0.2, 0.25) is 35.4 Å². The van der Waals surface area contributed by atoms with Gasteiger partial charge in [0.1, 0.15) is 24.2 Å². The molecule has 0 spiro atoms. The molecule has 138 heavy (non-hydrogen) atoms. The Hall–Kier alpha value is -5.24. The Bertz CT molecular complexity index is 2750. The summed E-state index contributed by atoms with van der Waals surface area (Å²) in [5, 5.41) is 32.9. The standard InChI is InChI=1S/C97H185N7O34/c1-6-8-9-10-11-12-13-14-15-16-17-18-19-20-21-22-23-27-90(106)99-86(28-30-91(107)108)94(111)100-87(29-31-92(109)110)95(112)102-93(85(3)7-2)96(113)101-88(97(114)104-36-34-103(4)35-37-104)26-24-25-33-98-89(105)32-38-116-41-42-118-45-46-120-49-50-122-53-54-124-57-58-126-61-62-128-65-66-130-69-70-132-73-74-134-77-78-136-81-82-138-84-83-137-80-79-135-76-75-133-72-71-131-68-67-129-64-63-127-60-59-125-56-55-123-52-51-121-48-47-119-44-43-117-40-39-115-5/h85-88,93H,6-84H2,1-5H3,(H,98,105)(H,99,106)(H,100,111)(H,101,113)(H,102,112)(H,107,108)(H,109,110)/t85-,86+,87+,88+,93-/m1/s1. The maximum absolute atomic E-state index is 14.4. The number of methoxy groups -OCH3 is 1. The molecule has 1 fully saturated rings. The lowest BCUT2D eigenvalue weighted by atomic mass is 9.96. The van der Waals surface area contributed by atoms with Crippen molar-refractivity contribution in [2.24, 2.45) is 5.92 Å². The van der Waals surface area contributed by atoms with Gasteiger partial charge in [-0.05, 0) is 51.5 Å². The van der Waals surface area contributed by atoms with E-state index in [-0.39, 0.29) is 57.1 Å². The second-order valence-electron chi connectivity index (χ2n) is 33.2. The molecule has 812 valence electrons. The number of carbonyl (C=O) groups is 8. The van der Waals surface area contributed by atoms with Crippen LogP contribution in [-0.2, 0) is 152 Å². The fraction of sp³-hybridized carbons (Fsp3) is 0.918. The van der Waals surface area contributed by atoms with E-state index in [0.717, 1.165) is 25.7 Å². The largest absolute Gasteiger partial charge is 0.481 e. The van der Waals surface area contributed by atoms with Gasteiger partial charge in [0, 0.05) is 65.5 Å². The number of ether oxygens (including phenoxy) is 24. The summed E-state index contributed by atoms with van der Waals surface area (Å²) in [7, 11) is 3.60. The van der Waals surface area contributed by atoms with E-state index >= 15 is 0 Å². The molecule has 0 unspecified atom stereocenters. The SMILES string of the molecule is CCCCCCCCCCCCCCCCCCCC(=O)N[C@@H](CCC(=O)O)C(=O)N[C@@H](CCC(=O)O)C(=O)N[C@@H](C(=O)N[C@@H](CCCCNC(=O)CCOCCOCCOCCOCCOCCOCCOCCOCCOCCOCCOCCOCCOCCOCCOCCOCCOCCOCCOCCOCCOCCOCCOCCOC)C(=O)N1CCN(C)CC1)[C@H](C)CC. The predicted octanol–water partition coefficient (Wildman–Crippen LogP) is 6.22. The van der Waals surface area contributed by atoms with Gasteiger partial charge in [0.15, 0.2) is 0 Å². The summed E-state index contributed by atoms with van der Waals surface area (Å²) < 4.78 is 132. The molecule has 0 aliphatic carbocycles. The minimum absolute atomic E-state index is 0.113. The van der Waals surface area contributed by atoms with Crippen molar-refractivity contribution in [1.82, 2.24) is 36.4 Å². The third-order valence-electron chi connectivity index (χ3n) is 21.6. The smallest absolute Gasteiger partial charge is 0.303 e. The molecule has 0 aromatic carbocycles. The molecule has 1 aliphatic rings. The molecule has 0 bridgehead atoms. The summed E-state index contributed by atoms with van der Waals surface area (Å²) in [5.41, 5.74) is 0. The second kappa shape index (κ2) is 103. The molecular formula is C97H185N7O34. The summed E-state index contributed by atoms with van der Waals surface area (Å²) in [6.07, 6.45) is 20.3. The van der Waals surface area contributed by atoms with Crippen molar-refractivity contribution in [3.05, 3.63) is 0 Å². The van der Waals surface area contributed by atoms with Crippen LogP contribution in [0.25, 0.3) is 0 Å². The number of hydrogen-bond donors (Lipinski definition) is 7. The van der Waals surface area contributed by atoms with Crippen molar-refractivity contribution >= 4 is 47.4 Å². The molecule has 5 atom stereocenters. The van der Waals surface area contributed by atoms with Gasteiger partial charge in [-0.1, -0.05) is 130 Å². The first kappa shape index (κ1) is 131. The highest BCUT2D eigenvalue weighted by molar-refractivity contribution is 5.96. The lowest BCUT2D eigenvalue weighted by molar-refractivity contribution is -0.140. The van der Waals surface area contributed by atoms with Gasteiger partial charge in [-0.15, -0.1) is 0 Å². The van der Waals surface area contributed by atoms with E-state index in [1.807, 2.05) is 14.0 Å². The Labute approximate surface area is 824 Å². The van der Waals surface area contributed by atoms with Crippen molar-refractivity contribution in [2.75, 3.05) is 357 Å². The zero-order chi connectivity index (χ0) is 100. The number of aliphatic carboxylic acids is 2. The molecule has 41 nitrogen and oxygen atoms in total. The Morgan fingerprint density at radius 2 is 0.529 bits per heavy atom. The zero-order valence-corrected chi connectivity index (χ0v) is 85.1. The maximum Gasteiger partial charge on any atom is 0.303 e. The van der Waals surface area contributed by atoms with E-state index < -0.39 is 78.5 Å². The van der Waals surface area contributed by atoms with Crippen LogP contribution >= 0.6 is 0 Å². The molecule has 1 aliphatic heterocycles. The van der Waals surface area contributed by atoms with Crippen LogP contribution in [0.15, 0.2) is 0 Å². The Morgan fingerprint density at radius 1 is 0.268 bits per heavy atom. The van der Waals surface area contributed by atoms with E-state index in [1.54, 1.807) is 18.9 Å². The number of amides is 6. The highest BCUT2D eigenvalue weighted by Crippen LogP contribution is 2.18. The molecule has 0 saturated carbocycles. The summed E-state index contributed by atoms with van der Waals surface area (Å²) in [5.74, 6) is -6.31. The number of piperazine rings is 1. The molecule has 0 aromatic heterocycles. The average Bonchev–Trinajstić information content (AvgIpc) is 0.851. The number of carbonyl (C=O) groups excluding carboxylic acids is 6. The molecule has 0 aromatic rings. The predicted molar refractivity (Wildman–Crippen MR) is 516 cm³/mol. The summed E-state index contributed by atoms with van der Waals surface area (Å²) in [6, 6.07) is -5.05. The molecule has 41 heteroatoms. The normalized spacial score (nSPS) is 13.5. The maximum atomic E-state index is 14.4. The fourth-order valence-corrected chi connectivity index (χ4v) is 13.4. The number of nitrogens with one attached hydrogen (secondary N) is 5. The van der Waals surface area contributed by atoms with Crippen LogP contribution in [0.4, 0.5) is 0 Å². The van der Waals surface area contributed by atoms with Crippen molar-refractivity contribution in [3.63, 3.8) is 0 Å². The van der Waals surface area contributed by atoms with Gasteiger partial charge in [0.05, 0.1) is 311 Å².